The molecule has 0 spiro atoms. The minimum atomic E-state index is -4.86. The van der Waals surface area contributed by atoms with E-state index in [1.807, 2.05) is 0 Å². The molecule has 0 saturated heterocycles. The molecule has 0 unspecified atom stereocenters. The molecular weight excluding hydrogens is 331 g/mol. The van der Waals surface area contributed by atoms with Gasteiger partial charge in [-0.05, 0) is 32.9 Å². The Kier molecular flexibility index (Phi) is 3.43. The van der Waals surface area contributed by atoms with Gasteiger partial charge in [-0.25, -0.2) is 9.69 Å². The fourth-order valence-electron chi connectivity index (χ4n) is 2.58. The second-order valence-electron chi connectivity index (χ2n) is 6.39. The molecule has 0 fully saturated rings. The van der Waals surface area contributed by atoms with Crippen molar-refractivity contribution in [3.63, 3.8) is 0 Å². The van der Waals surface area contributed by atoms with E-state index in [0.717, 1.165) is 12.1 Å². The zero-order valence-electron chi connectivity index (χ0n) is 13.1. The summed E-state index contributed by atoms with van der Waals surface area (Å²) in [4.78, 5) is 24.7. The van der Waals surface area contributed by atoms with E-state index < -0.39 is 29.8 Å². The van der Waals surface area contributed by atoms with E-state index in [1.54, 1.807) is 0 Å². The Morgan fingerprint density at radius 1 is 1.21 bits per heavy atom. The summed E-state index contributed by atoms with van der Waals surface area (Å²) in [6.45, 7) is 4.35. The van der Waals surface area contributed by atoms with Gasteiger partial charge in [0.15, 0.2) is 17.5 Å². The summed E-state index contributed by atoms with van der Waals surface area (Å²) in [7, 11) is 0. The third kappa shape index (κ3) is 2.63. The lowest BCUT2D eigenvalue weighted by molar-refractivity contribution is -0.174. The SMILES string of the molecule is CC(C)(C)OC(=O)N1C(=O)c2cc3c(cc2[C@H]1C(F)(F)F)OCO3. The van der Waals surface area contributed by atoms with E-state index in [1.165, 1.54) is 20.8 Å². The number of nitrogens with zero attached hydrogens (tertiary/aromatic N) is 1. The standard InChI is InChI=1S/C15H14F3NO5/c1-14(2,3)24-13(21)19-11(15(16,17)18)7-4-9-10(23-6-22-9)5-8(7)12(19)20/h4-5,11H,6H2,1-3H3/t11-/m0/s1. The van der Waals surface area contributed by atoms with Crippen molar-refractivity contribution < 1.29 is 37.0 Å². The largest absolute Gasteiger partial charge is 0.454 e. The molecule has 6 nitrogen and oxygen atoms in total. The van der Waals surface area contributed by atoms with Crippen LogP contribution in [-0.4, -0.2) is 35.5 Å². The summed E-state index contributed by atoms with van der Waals surface area (Å²) in [5.74, 6) is -0.823. The Balaban J connectivity index is 2.07. The number of carbonyl (C=O) groups is 2. The molecule has 1 aromatic rings. The average molecular weight is 345 g/mol. The maximum atomic E-state index is 13.5. The highest BCUT2D eigenvalue weighted by atomic mass is 19.4. The van der Waals surface area contributed by atoms with Crippen molar-refractivity contribution in [2.45, 2.75) is 38.6 Å². The lowest BCUT2D eigenvalue weighted by Gasteiger charge is -2.28. The van der Waals surface area contributed by atoms with Crippen LogP contribution in [0, 0.1) is 0 Å². The maximum absolute atomic E-state index is 13.5. The predicted molar refractivity (Wildman–Crippen MR) is 73.8 cm³/mol. The topological polar surface area (TPSA) is 65.1 Å². The summed E-state index contributed by atoms with van der Waals surface area (Å²) in [6.07, 6.45) is -6.21. The van der Waals surface area contributed by atoms with Crippen LogP contribution in [0.4, 0.5) is 18.0 Å². The van der Waals surface area contributed by atoms with Crippen molar-refractivity contribution in [1.82, 2.24) is 4.90 Å². The molecule has 0 saturated carbocycles. The lowest BCUT2D eigenvalue weighted by atomic mass is 10.0. The molecule has 0 bridgehead atoms. The summed E-state index contributed by atoms with van der Waals surface area (Å²) < 4.78 is 55.7. The van der Waals surface area contributed by atoms with Crippen molar-refractivity contribution in [3.05, 3.63) is 23.3 Å². The summed E-state index contributed by atoms with van der Waals surface area (Å²) in [5, 5.41) is 0. The molecule has 0 aromatic heterocycles. The minimum Gasteiger partial charge on any atom is -0.454 e. The normalized spacial score (nSPS) is 19.5. The Hall–Kier alpha value is -2.45. The number of imide groups is 1. The first-order chi connectivity index (χ1) is 11.0. The van der Waals surface area contributed by atoms with Gasteiger partial charge in [0.1, 0.15) is 5.60 Å². The van der Waals surface area contributed by atoms with E-state index >= 15 is 0 Å². The minimum absolute atomic E-state index is 0.0884. The number of rotatable bonds is 0. The first kappa shape index (κ1) is 16.4. The van der Waals surface area contributed by atoms with E-state index in [4.69, 9.17) is 14.2 Å². The number of alkyl halides is 3. The van der Waals surface area contributed by atoms with Crippen LogP contribution in [0.2, 0.25) is 0 Å². The number of carbonyl (C=O) groups excluding carboxylic acids is 2. The zero-order valence-corrected chi connectivity index (χ0v) is 13.1. The Morgan fingerprint density at radius 2 is 1.79 bits per heavy atom. The number of halogens is 3. The monoisotopic (exact) mass is 345 g/mol. The quantitative estimate of drug-likeness (QED) is 0.721. The molecule has 2 aliphatic rings. The first-order valence-electron chi connectivity index (χ1n) is 7.06. The van der Waals surface area contributed by atoms with Gasteiger partial charge < -0.3 is 14.2 Å². The van der Waals surface area contributed by atoms with Crippen molar-refractivity contribution in [1.29, 1.82) is 0 Å². The predicted octanol–water partition coefficient (Wildman–Crippen LogP) is 3.41. The van der Waals surface area contributed by atoms with Crippen LogP contribution >= 0.6 is 0 Å². The third-order valence-electron chi connectivity index (χ3n) is 3.45. The number of ether oxygens (including phenoxy) is 3. The van der Waals surface area contributed by atoms with E-state index in [2.05, 4.69) is 0 Å². The van der Waals surface area contributed by atoms with Gasteiger partial charge in [-0.15, -0.1) is 0 Å². The molecule has 2 amide bonds. The number of hydrogen-bond donors (Lipinski definition) is 0. The van der Waals surface area contributed by atoms with Crippen molar-refractivity contribution in [3.8, 4) is 11.5 Å². The fourth-order valence-corrected chi connectivity index (χ4v) is 2.58. The van der Waals surface area contributed by atoms with Crippen LogP contribution in [0.25, 0.3) is 0 Å². The maximum Gasteiger partial charge on any atom is 0.418 e. The van der Waals surface area contributed by atoms with Gasteiger partial charge in [-0.3, -0.25) is 4.79 Å². The van der Waals surface area contributed by atoms with Crippen LogP contribution in [-0.2, 0) is 4.74 Å². The molecule has 0 radical (unpaired) electrons. The number of hydrogen-bond acceptors (Lipinski definition) is 5. The fraction of sp³-hybridized carbons (Fsp3) is 0.467. The smallest absolute Gasteiger partial charge is 0.418 e. The zero-order chi connectivity index (χ0) is 17.9. The van der Waals surface area contributed by atoms with Gasteiger partial charge in [-0.1, -0.05) is 0 Å². The Bertz CT molecular complexity index is 723. The van der Waals surface area contributed by atoms with Gasteiger partial charge >= 0.3 is 12.3 Å². The summed E-state index contributed by atoms with van der Waals surface area (Å²) >= 11 is 0. The Morgan fingerprint density at radius 3 is 2.33 bits per heavy atom. The first-order valence-corrected chi connectivity index (χ1v) is 7.06. The van der Waals surface area contributed by atoms with Crippen molar-refractivity contribution >= 4 is 12.0 Å². The van der Waals surface area contributed by atoms with Crippen LogP contribution in [0.1, 0.15) is 42.7 Å². The summed E-state index contributed by atoms with van der Waals surface area (Å²) in [5.41, 5.74) is -1.66. The lowest BCUT2D eigenvalue weighted by Crippen LogP contribution is -2.43. The highest BCUT2D eigenvalue weighted by Crippen LogP contribution is 2.48. The molecule has 1 atom stereocenters. The molecule has 2 heterocycles. The van der Waals surface area contributed by atoms with Crippen LogP contribution < -0.4 is 9.47 Å². The second-order valence-corrected chi connectivity index (χ2v) is 6.39. The highest BCUT2D eigenvalue weighted by molar-refractivity contribution is 6.08. The van der Waals surface area contributed by atoms with Gasteiger partial charge in [0, 0.05) is 11.1 Å². The van der Waals surface area contributed by atoms with Crippen LogP contribution in [0.15, 0.2) is 12.1 Å². The molecule has 24 heavy (non-hydrogen) atoms. The Labute approximate surface area is 135 Å². The molecule has 2 aliphatic heterocycles. The molecular formula is C15H14F3NO5. The summed E-state index contributed by atoms with van der Waals surface area (Å²) in [6, 6.07) is -0.189. The van der Waals surface area contributed by atoms with Gasteiger partial charge in [0.05, 0.1) is 0 Å². The second kappa shape index (κ2) is 5.02. The molecule has 0 N–H and O–H groups in total. The van der Waals surface area contributed by atoms with E-state index in [0.29, 0.717) is 0 Å². The number of benzene rings is 1. The molecule has 9 heteroatoms. The third-order valence-corrected chi connectivity index (χ3v) is 3.45. The van der Waals surface area contributed by atoms with E-state index in [-0.39, 0.29) is 34.3 Å². The van der Waals surface area contributed by atoms with Crippen molar-refractivity contribution in [2.75, 3.05) is 6.79 Å². The molecule has 130 valence electrons. The van der Waals surface area contributed by atoms with Gasteiger partial charge in [0.2, 0.25) is 6.79 Å². The van der Waals surface area contributed by atoms with E-state index in [9.17, 15) is 22.8 Å². The molecule has 1 aromatic carbocycles. The van der Waals surface area contributed by atoms with Crippen LogP contribution in [0.3, 0.4) is 0 Å². The molecule has 0 aliphatic carbocycles. The number of amides is 2. The van der Waals surface area contributed by atoms with Crippen LogP contribution in [0.5, 0.6) is 11.5 Å². The van der Waals surface area contributed by atoms with Gasteiger partial charge in [0.25, 0.3) is 5.91 Å². The average Bonchev–Trinajstić information content (AvgIpc) is 2.96. The number of fused-ring (bicyclic) bond motifs is 2. The molecule has 3 rings (SSSR count). The van der Waals surface area contributed by atoms with Crippen molar-refractivity contribution in [2.24, 2.45) is 0 Å². The highest BCUT2D eigenvalue weighted by Gasteiger charge is 2.56. The van der Waals surface area contributed by atoms with Gasteiger partial charge in [-0.2, -0.15) is 13.2 Å².